The van der Waals surface area contributed by atoms with Crippen LogP contribution in [0, 0.1) is 5.92 Å². The second kappa shape index (κ2) is 8.17. The van der Waals surface area contributed by atoms with E-state index in [9.17, 15) is 9.59 Å². The summed E-state index contributed by atoms with van der Waals surface area (Å²) in [6.45, 7) is 5.51. The molecule has 0 heterocycles. The van der Waals surface area contributed by atoms with Crippen molar-refractivity contribution in [3.63, 3.8) is 0 Å². The van der Waals surface area contributed by atoms with E-state index in [0.29, 0.717) is 6.42 Å². The van der Waals surface area contributed by atoms with Crippen LogP contribution in [0.3, 0.4) is 0 Å². The minimum atomic E-state index is -0.574. The van der Waals surface area contributed by atoms with Crippen LogP contribution in [0.25, 0.3) is 0 Å². The number of halogens is 1. The van der Waals surface area contributed by atoms with Gasteiger partial charge in [-0.15, -0.1) is 0 Å². The maximum absolute atomic E-state index is 11.9. The first-order valence-corrected chi connectivity index (χ1v) is 7.79. The van der Waals surface area contributed by atoms with Gasteiger partial charge in [0.05, 0.1) is 13.0 Å². The van der Waals surface area contributed by atoms with E-state index in [1.165, 1.54) is 7.11 Å². The second-order valence-corrected chi connectivity index (χ2v) is 6.85. The van der Waals surface area contributed by atoms with Crippen LogP contribution in [0.5, 0.6) is 0 Å². The Bertz CT molecular complexity index is 525. The molecular weight excluding hydrogens is 350 g/mol. The van der Waals surface area contributed by atoms with Gasteiger partial charge in [0.1, 0.15) is 5.60 Å². The number of esters is 1. The molecule has 1 N–H and O–H groups in total. The van der Waals surface area contributed by atoms with Crippen molar-refractivity contribution in [3.05, 3.63) is 34.3 Å². The molecule has 0 aliphatic heterocycles. The lowest BCUT2D eigenvalue weighted by Crippen LogP contribution is -2.38. The van der Waals surface area contributed by atoms with Gasteiger partial charge >= 0.3 is 12.1 Å². The number of benzene rings is 1. The number of ether oxygens (including phenoxy) is 2. The summed E-state index contributed by atoms with van der Waals surface area (Å²) in [5.74, 6) is -0.831. The van der Waals surface area contributed by atoms with Gasteiger partial charge in [0.15, 0.2) is 0 Å². The first-order chi connectivity index (χ1) is 10.2. The molecule has 1 atom stereocenters. The van der Waals surface area contributed by atoms with Crippen molar-refractivity contribution in [2.45, 2.75) is 32.8 Å². The Morgan fingerprint density at radius 2 is 2.00 bits per heavy atom. The van der Waals surface area contributed by atoms with Gasteiger partial charge in [0, 0.05) is 11.0 Å². The molecule has 122 valence electrons. The SMILES string of the molecule is COC(=O)C(CNC(=O)OC(C)(C)C)Cc1cccc(Br)c1. The molecule has 0 saturated heterocycles. The zero-order chi connectivity index (χ0) is 16.8. The minimum absolute atomic E-state index is 0.161. The topological polar surface area (TPSA) is 64.6 Å². The van der Waals surface area contributed by atoms with E-state index in [0.717, 1.165) is 10.0 Å². The molecule has 0 bridgehead atoms. The summed E-state index contributed by atoms with van der Waals surface area (Å²) in [6, 6.07) is 7.67. The van der Waals surface area contributed by atoms with Crippen molar-refractivity contribution in [1.82, 2.24) is 5.32 Å². The summed E-state index contributed by atoms with van der Waals surface area (Å²) >= 11 is 3.40. The highest BCUT2D eigenvalue weighted by molar-refractivity contribution is 9.10. The van der Waals surface area contributed by atoms with Crippen molar-refractivity contribution in [1.29, 1.82) is 0 Å². The number of hydrogen-bond acceptors (Lipinski definition) is 4. The summed E-state index contributed by atoms with van der Waals surface area (Å²) in [7, 11) is 1.34. The van der Waals surface area contributed by atoms with Crippen molar-refractivity contribution < 1.29 is 19.1 Å². The molecule has 0 aliphatic carbocycles. The molecule has 1 aromatic rings. The Kier molecular flexibility index (Phi) is 6.87. The number of rotatable bonds is 5. The molecule has 0 radical (unpaired) electrons. The molecule has 1 aromatic carbocycles. The molecule has 1 unspecified atom stereocenters. The highest BCUT2D eigenvalue weighted by atomic mass is 79.9. The highest BCUT2D eigenvalue weighted by Crippen LogP contribution is 2.16. The molecule has 5 nitrogen and oxygen atoms in total. The fourth-order valence-corrected chi connectivity index (χ4v) is 2.32. The second-order valence-electron chi connectivity index (χ2n) is 5.94. The van der Waals surface area contributed by atoms with E-state index in [4.69, 9.17) is 9.47 Å². The van der Waals surface area contributed by atoms with Crippen LogP contribution < -0.4 is 5.32 Å². The third-order valence-corrected chi connectivity index (χ3v) is 3.29. The standard InChI is InChI=1S/C16H22BrNO4/c1-16(2,3)22-15(20)18-10-12(14(19)21-4)8-11-6-5-7-13(17)9-11/h5-7,9,12H,8,10H2,1-4H3,(H,18,20). The Balaban J connectivity index is 2.66. The molecule has 0 spiro atoms. The first kappa shape index (κ1) is 18.5. The summed E-state index contributed by atoms with van der Waals surface area (Å²) in [5, 5.41) is 2.62. The minimum Gasteiger partial charge on any atom is -0.469 e. The Morgan fingerprint density at radius 3 is 2.55 bits per heavy atom. The average Bonchev–Trinajstić information content (AvgIpc) is 2.40. The van der Waals surface area contributed by atoms with Crippen LogP contribution in [0.2, 0.25) is 0 Å². The Labute approximate surface area is 139 Å². The molecule has 0 aliphatic rings. The van der Waals surface area contributed by atoms with Gasteiger partial charge in [-0.05, 0) is 44.9 Å². The number of carbonyl (C=O) groups excluding carboxylic acids is 2. The molecular formula is C16H22BrNO4. The summed E-state index contributed by atoms with van der Waals surface area (Å²) in [4.78, 5) is 23.6. The van der Waals surface area contributed by atoms with Gasteiger partial charge in [-0.1, -0.05) is 28.1 Å². The smallest absolute Gasteiger partial charge is 0.407 e. The third-order valence-electron chi connectivity index (χ3n) is 2.80. The van der Waals surface area contributed by atoms with Crippen LogP contribution in [0.4, 0.5) is 4.79 Å². The van der Waals surface area contributed by atoms with E-state index in [-0.39, 0.29) is 12.5 Å². The maximum Gasteiger partial charge on any atom is 0.407 e. The summed E-state index contributed by atoms with van der Waals surface area (Å²) < 4.78 is 10.9. The molecule has 22 heavy (non-hydrogen) atoms. The average molecular weight is 372 g/mol. The predicted molar refractivity (Wildman–Crippen MR) is 87.6 cm³/mol. The number of amides is 1. The zero-order valence-electron chi connectivity index (χ0n) is 13.3. The van der Waals surface area contributed by atoms with Gasteiger partial charge in [-0.3, -0.25) is 4.79 Å². The van der Waals surface area contributed by atoms with Crippen LogP contribution in [-0.4, -0.2) is 31.3 Å². The Hall–Kier alpha value is -1.56. The van der Waals surface area contributed by atoms with Crippen LogP contribution in [0.1, 0.15) is 26.3 Å². The van der Waals surface area contributed by atoms with Gasteiger partial charge in [0.2, 0.25) is 0 Å². The van der Waals surface area contributed by atoms with E-state index >= 15 is 0 Å². The Morgan fingerprint density at radius 1 is 1.32 bits per heavy atom. The van der Waals surface area contributed by atoms with E-state index in [1.54, 1.807) is 20.8 Å². The normalized spacial score (nSPS) is 12.4. The first-order valence-electron chi connectivity index (χ1n) is 7.00. The van der Waals surface area contributed by atoms with Gasteiger partial charge in [-0.2, -0.15) is 0 Å². The maximum atomic E-state index is 11.9. The van der Waals surface area contributed by atoms with E-state index < -0.39 is 17.6 Å². The van der Waals surface area contributed by atoms with Crippen molar-refractivity contribution in [2.75, 3.05) is 13.7 Å². The van der Waals surface area contributed by atoms with Crippen LogP contribution in [-0.2, 0) is 20.7 Å². The van der Waals surface area contributed by atoms with Gasteiger partial charge in [-0.25, -0.2) is 4.79 Å². The number of hydrogen-bond donors (Lipinski definition) is 1. The largest absolute Gasteiger partial charge is 0.469 e. The molecule has 1 amide bonds. The van der Waals surface area contributed by atoms with E-state index in [1.807, 2.05) is 24.3 Å². The summed E-state index contributed by atoms with van der Waals surface area (Å²) in [5.41, 5.74) is 0.408. The number of nitrogens with one attached hydrogen (secondary N) is 1. The fraction of sp³-hybridized carbons (Fsp3) is 0.500. The number of carbonyl (C=O) groups is 2. The highest BCUT2D eigenvalue weighted by Gasteiger charge is 2.22. The predicted octanol–water partition coefficient (Wildman–Crippen LogP) is 3.31. The lowest BCUT2D eigenvalue weighted by atomic mass is 9.99. The number of alkyl carbamates (subject to hydrolysis) is 1. The van der Waals surface area contributed by atoms with Crippen molar-refractivity contribution >= 4 is 28.0 Å². The monoisotopic (exact) mass is 371 g/mol. The quantitative estimate of drug-likeness (QED) is 0.806. The molecule has 6 heteroatoms. The molecule has 0 aromatic heterocycles. The lowest BCUT2D eigenvalue weighted by Gasteiger charge is -2.21. The third kappa shape index (κ3) is 6.93. The fourth-order valence-electron chi connectivity index (χ4n) is 1.87. The van der Waals surface area contributed by atoms with E-state index in [2.05, 4.69) is 21.2 Å². The lowest BCUT2D eigenvalue weighted by molar-refractivity contribution is -0.145. The number of methoxy groups -OCH3 is 1. The zero-order valence-corrected chi connectivity index (χ0v) is 14.9. The van der Waals surface area contributed by atoms with Gasteiger partial charge < -0.3 is 14.8 Å². The van der Waals surface area contributed by atoms with Crippen LogP contribution in [0.15, 0.2) is 28.7 Å². The van der Waals surface area contributed by atoms with Crippen molar-refractivity contribution in [3.8, 4) is 0 Å². The summed E-state index contributed by atoms with van der Waals surface area (Å²) in [6.07, 6.45) is -0.0716. The van der Waals surface area contributed by atoms with Crippen molar-refractivity contribution in [2.24, 2.45) is 5.92 Å². The molecule has 1 rings (SSSR count). The molecule has 0 saturated carbocycles. The van der Waals surface area contributed by atoms with Crippen LogP contribution >= 0.6 is 15.9 Å². The molecule has 0 fully saturated rings. The van der Waals surface area contributed by atoms with Gasteiger partial charge in [0.25, 0.3) is 0 Å².